The van der Waals surface area contributed by atoms with E-state index in [1.807, 2.05) is 6.07 Å². The van der Waals surface area contributed by atoms with Crippen LogP contribution in [0.15, 0.2) is 48.7 Å². The van der Waals surface area contributed by atoms with Crippen molar-refractivity contribution in [2.24, 2.45) is 0 Å². The maximum atomic E-state index is 13.0. The van der Waals surface area contributed by atoms with Crippen LogP contribution in [-0.4, -0.2) is 18.0 Å². The van der Waals surface area contributed by atoms with Crippen molar-refractivity contribution in [3.05, 3.63) is 65.6 Å². The zero-order valence-electron chi connectivity index (χ0n) is 11.5. The number of nitrogens with one attached hydrogen (secondary N) is 1. The topological polar surface area (TPSA) is 51.2 Å². The average molecular weight is 286 g/mol. The number of pyridine rings is 1. The summed E-state index contributed by atoms with van der Waals surface area (Å²) in [5, 5.41) is 2.72. The molecule has 2 rings (SSSR count). The minimum Gasteiger partial charge on any atom is -0.481 e. The number of carbonyl (C=O) groups is 1. The van der Waals surface area contributed by atoms with E-state index in [9.17, 15) is 9.18 Å². The van der Waals surface area contributed by atoms with E-state index < -0.39 is 0 Å². The van der Waals surface area contributed by atoms with Gasteiger partial charge in [-0.3, -0.25) is 4.79 Å². The fraction of sp³-hybridized carbons (Fsp3) is 0.125. The predicted molar refractivity (Wildman–Crippen MR) is 78.1 cm³/mol. The molecule has 0 atom stereocenters. The highest BCUT2D eigenvalue weighted by Gasteiger charge is 1.99. The Morgan fingerprint density at radius 1 is 1.38 bits per heavy atom. The highest BCUT2D eigenvalue weighted by molar-refractivity contribution is 5.91. The van der Waals surface area contributed by atoms with Crippen molar-refractivity contribution in [3.8, 4) is 5.88 Å². The van der Waals surface area contributed by atoms with Crippen LogP contribution in [0.1, 0.15) is 11.1 Å². The van der Waals surface area contributed by atoms with Gasteiger partial charge in [-0.1, -0.05) is 18.2 Å². The number of methoxy groups -OCH3 is 1. The standard InChI is InChI=1S/C16H15FN2O2/c1-21-16-8-6-13(11-19-16)10-18-15(20)7-5-12-3-2-4-14(17)9-12/h2-9,11H,10H2,1H3,(H,18,20)/b7-5+. The smallest absolute Gasteiger partial charge is 0.244 e. The number of hydrogen-bond donors (Lipinski definition) is 1. The van der Waals surface area contributed by atoms with Crippen LogP contribution in [-0.2, 0) is 11.3 Å². The summed E-state index contributed by atoms with van der Waals surface area (Å²) in [6, 6.07) is 9.58. The van der Waals surface area contributed by atoms with Crippen molar-refractivity contribution < 1.29 is 13.9 Å². The van der Waals surface area contributed by atoms with Gasteiger partial charge in [0.1, 0.15) is 5.82 Å². The Hall–Kier alpha value is -2.69. The molecule has 21 heavy (non-hydrogen) atoms. The van der Waals surface area contributed by atoms with Crippen LogP contribution in [0.4, 0.5) is 4.39 Å². The molecule has 1 aromatic carbocycles. The molecule has 5 heteroatoms. The molecule has 0 aliphatic rings. The van der Waals surface area contributed by atoms with Crippen molar-refractivity contribution in [2.45, 2.75) is 6.54 Å². The number of nitrogens with zero attached hydrogens (tertiary/aromatic N) is 1. The number of benzene rings is 1. The number of aromatic nitrogens is 1. The molecule has 0 aliphatic carbocycles. The zero-order valence-corrected chi connectivity index (χ0v) is 11.5. The lowest BCUT2D eigenvalue weighted by Gasteiger charge is -2.03. The van der Waals surface area contributed by atoms with E-state index in [2.05, 4.69) is 10.3 Å². The van der Waals surface area contributed by atoms with Crippen molar-refractivity contribution in [2.75, 3.05) is 7.11 Å². The van der Waals surface area contributed by atoms with Gasteiger partial charge in [0.05, 0.1) is 7.11 Å². The highest BCUT2D eigenvalue weighted by Crippen LogP contribution is 2.07. The maximum Gasteiger partial charge on any atom is 0.244 e. The van der Waals surface area contributed by atoms with Gasteiger partial charge in [-0.25, -0.2) is 9.37 Å². The van der Waals surface area contributed by atoms with Gasteiger partial charge in [0, 0.05) is 24.9 Å². The summed E-state index contributed by atoms with van der Waals surface area (Å²) >= 11 is 0. The van der Waals surface area contributed by atoms with Crippen molar-refractivity contribution in [1.29, 1.82) is 0 Å². The molecule has 0 fully saturated rings. The largest absolute Gasteiger partial charge is 0.481 e. The number of halogens is 1. The molecule has 0 aliphatic heterocycles. The first-order chi connectivity index (χ1) is 10.2. The normalized spacial score (nSPS) is 10.6. The average Bonchev–Trinajstić information content (AvgIpc) is 2.51. The first kappa shape index (κ1) is 14.7. The first-order valence-electron chi connectivity index (χ1n) is 6.38. The second kappa shape index (κ2) is 7.19. The Bertz CT molecular complexity index is 639. The summed E-state index contributed by atoms with van der Waals surface area (Å²) in [4.78, 5) is 15.7. The van der Waals surface area contributed by atoms with Gasteiger partial charge in [0.2, 0.25) is 11.8 Å². The maximum absolute atomic E-state index is 13.0. The van der Waals surface area contributed by atoms with Crippen LogP contribution in [0.25, 0.3) is 6.08 Å². The number of rotatable bonds is 5. The van der Waals surface area contributed by atoms with E-state index >= 15 is 0 Å². The Morgan fingerprint density at radius 2 is 2.24 bits per heavy atom. The fourth-order valence-electron chi connectivity index (χ4n) is 1.67. The van der Waals surface area contributed by atoms with E-state index in [1.54, 1.807) is 37.6 Å². The monoisotopic (exact) mass is 286 g/mol. The quantitative estimate of drug-likeness (QED) is 0.859. The van der Waals surface area contributed by atoms with E-state index in [1.165, 1.54) is 18.2 Å². The molecule has 0 saturated carbocycles. The Labute approximate surface area is 122 Å². The molecular weight excluding hydrogens is 271 g/mol. The summed E-state index contributed by atoms with van der Waals surface area (Å²) in [6.45, 7) is 0.364. The lowest BCUT2D eigenvalue weighted by Crippen LogP contribution is -2.20. The van der Waals surface area contributed by atoms with Crippen LogP contribution in [0.3, 0.4) is 0 Å². The molecule has 0 saturated heterocycles. The molecular formula is C16H15FN2O2. The lowest BCUT2D eigenvalue weighted by atomic mass is 10.2. The van der Waals surface area contributed by atoms with Crippen molar-refractivity contribution in [3.63, 3.8) is 0 Å². The molecule has 1 aromatic heterocycles. The summed E-state index contributed by atoms with van der Waals surface area (Å²) in [7, 11) is 1.54. The van der Waals surface area contributed by atoms with Crippen LogP contribution in [0.5, 0.6) is 5.88 Å². The minimum absolute atomic E-state index is 0.255. The first-order valence-corrected chi connectivity index (χ1v) is 6.38. The molecule has 1 heterocycles. The molecule has 1 N–H and O–H groups in total. The van der Waals surface area contributed by atoms with Crippen LogP contribution >= 0.6 is 0 Å². The number of hydrogen-bond acceptors (Lipinski definition) is 3. The lowest BCUT2D eigenvalue weighted by molar-refractivity contribution is -0.116. The van der Waals surface area contributed by atoms with E-state index in [0.717, 1.165) is 5.56 Å². The SMILES string of the molecule is COc1ccc(CNC(=O)/C=C/c2cccc(F)c2)cn1. The van der Waals surface area contributed by atoms with Gasteiger partial charge >= 0.3 is 0 Å². The van der Waals surface area contributed by atoms with Crippen molar-refractivity contribution >= 4 is 12.0 Å². The molecule has 0 radical (unpaired) electrons. The van der Waals surface area contributed by atoms with Gasteiger partial charge in [-0.2, -0.15) is 0 Å². The summed E-state index contributed by atoms with van der Waals surface area (Å²) in [6.07, 6.45) is 4.56. The van der Waals surface area contributed by atoms with E-state index in [0.29, 0.717) is 18.0 Å². The molecule has 2 aromatic rings. The second-order valence-corrected chi connectivity index (χ2v) is 4.31. The summed E-state index contributed by atoms with van der Waals surface area (Å²) in [5.41, 5.74) is 1.50. The third-order valence-electron chi connectivity index (χ3n) is 2.75. The minimum atomic E-state index is -0.332. The Kier molecular flexibility index (Phi) is 5.04. The van der Waals surface area contributed by atoms with Crippen molar-refractivity contribution in [1.82, 2.24) is 10.3 Å². The van der Waals surface area contributed by atoms with E-state index in [4.69, 9.17) is 4.74 Å². The van der Waals surface area contributed by atoms with Gasteiger partial charge in [0.15, 0.2) is 0 Å². The van der Waals surface area contributed by atoms with Gasteiger partial charge < -0.3 is 10.1 Å². The Balaban J connectivity index is 1.86. The van der Waals surface area contributed by atoms with Crippen LogP contribution in [0, 0.1) is 5.82 Å². The summed E-state index contributed by atoms with van der Waals surface area (Å²) < 4.78 is 17.9. The van der Waals surface area contributed by atoms with E-state index in [-0.39, 0.29) is 11.7 Å². The van der Waals surface area contributed by atoms with Crippen LogP contribution < -0.4 is 10.1 Å². The third kappa shape index (κ3) is 4.72. The fourth-order valence-corrected chi connectivity index (χ4v) is 1.67. The van der Waals surface area contributed by atoms with Gasteiger partial charge in [-0.15, -0.1) is 0 Å². The molecule has 4 nitrogen and oxygen atoms in total. The highest BCUT2D eigenvalue weighted by atomic mass is 19.1. The number of ether oxygens (including phenoxy) is 1. The van der Waals surface area contributed by atoms with Gasteiger partial charge in [-0.05, 0) is 29.3 Å². The number of carbonyl (C=O) groups excluding carboxylic acids is 1. The predicted octanol–water partition coefficient (Wildman–Crippen LogP) is 2.56. The molecule has 0 unspecified atom stereocenters. The summed E-state index contributed by atoms with van der Waals surface area (Å²) in [5.74, 6) is -0.0620. The second-order valence-electron chi connectivity index (χ2n) is 4.31. The zero-order chi connectivity index (χ0) is 15.1. The molecule has 0 bridgehead atoms. The van der Waals surface area contributed by atoms with Crippen LogP contribution in [0.2, 0.25) is 0 Å². The van der Waals surface area contributed by atoms with Gasteiger partial charge in [0.25, 0.3) is 0 Å². The molecule has 1 amide bonds. The Morgan fingerprint density at radius 3 is 2.90 bits per heavy atom. The molecule has 0 spiro atoms. The number of amides is 1. The third-order valence-corrected chi connectivity index (χ3v) is 2.75. The molecule has 108 valence electrons.